The minimum absolute atomic E-state index is 0.107. The zero-order valence-corrected chi connectivity index (χ0v) is 14.5. The first-order chi connectivity index (χ1) is 12.0. The van der Waals surface area contributed by atoms with Gasteiger partial charge in [-0.2, -0.15) is 0 Å². The number of thiophene rings is 1. The Labute approximate surface area is 149 Å². The molecule has 0 spiro atoms. The number of benzene rings is 2. The van der Waals surface area contributed by atoms with Gasteiger partial charge in [-0.25, -0.2) is 0 Å². The van der Waals surface area contributed by atoms with Crippen molar-refractivity contribution in [1.29, 1.82) is 0 Å². The maximum Gasteiger partial charge on any atom is 0.264 e. The van der Waals surface area contributed by atoms with E-state index >= 15 is 0 Å². The molecule has 25 heavy (non-hydrogen) atoms. The Hall–Kier alpha value is -2.86. The van der Waals surface area contributed by atoms with Gasteiger partial charge in [0.05, 0.1) is 4.88 Å². The van der Waals surface area contributed by atoms with Gasteiger partial charge >= 0.3 is 0 Å². The predicted octanol–water partition coefficient (Wildman–Crippen LogP) is 3.00. The fraction of sp³-hybridized carbons (Fsp3) is 0.158. The summed E-state index contributed by atoms with van der Waals surface area (Å²) in [6.07, 6.45) is 0.135. The number of primary amides is 1. The van der Waals surface area contributed by atoms with E-state index in [-0.39, 0.29) is 12.3 Å². The van der Waals surface area contributed by atoms with Crippen LogP contribution in [0.5, 0.6) is 0 Å². The Kier molecular flexibility index (Phi) is 5.00. The van der Waals surface area contributed by atoms with Crippen LogP contribution in [0.2, 0.25) is 0 Å². The highest BCUT2D eigenvalue weighted by molar-refractivity contribution is 7.20. The van der Waals surface area contributed by atoms with E-state index < -0.39 is 5.91 Å². The minimum Gasteiger partial charge on any atom is -0.399 e. The van der Waals surface area contributed by atoms with Gasteiger partial charge in [-0.05, 0) is 35.2 Å². The van der Waals surface area contributed by atoms with Crippen molar-refractivity contribution >= 4 is 38.9 Å². The van der Waals surface area contributed by atoms with Gasteiger partial charge in [0, 0.05) is 29.9 Å². The third-order valence-corrected chi connectivity index (χ3v) is 4.99. The number of hydrogen-bond acceptors (Lipinski definition) is 4. The normalized spacial score (nSPS) is 10.7. The molecule has 0 aliphatic heterocycles. The zero-order valence-electron chi connectivity index (χ0n) is 13.6. The van der Waals surface area contributed by atoms with Gasteiger partial charge < -0.3 is 16.4 Å². The number of anilines is 1. The number of amides is 2. The molecule has 0 saturated carbocycles. The Morgan fingerprint density at radius 2 is 1.80 bits per heavy atom. The molecule has 6 heteroatoms. The van der Waals surface area contributed by atoms with E-state index in [0.29, 0.717) is 23.7 Å². The van der Waals surface area contributed by atoms with E-state index in [1.807, 2.05) is 54.6 Å². The molecular formula is C19H19N3O2S. The molecule has 4 N–H and O–H groups in total. The average molecular weight is 353 g/mol. The molecule has 0 unspecified atom stereocenters. The van der Waals surface area contributed by atoms with Crippen LogP contribution in [-0.2, 0) is 11.3 Å². The lowest BCUT2D eigenvalue weighted by atomic mass is 10.2. The molecule has 2 aromatic carbocycles. The maximum absolute atomic E-state index is 13.0. The molecule has 0 aliphatic carbocycles. The summed E-state index contributed by atoms with van der Waals surface area (Å²) in [7, 11) is 0. The maximum atomic E-state index is 13.0. The Morgan fingerprint density at radius 1 is 1.04 bits per heavy atom. The van der Waals surface area contributed by atoms with Crippen LogP contribution in [0.25, 0.3) is 10.1 Å². The van der Waals surface area contributed by atoms with E-state index in [9.17, 15) is 9.59 Å². The van der Waals surface area contributed by atoms with E-state index in [2.05, 4.69) is 0 Å². The standard InChI is InChI=1S/C19H19N3O2S/c20-15-6-7-16-14(10-15)11-17(25-16)19(24)22(9-8-18(21)23)12-13-4-2-1-3-5-13/h1-7,10-11H,8-9,12,20H2,(H2,21,23). The highest BCUT2D eigenvalue weighted by Gasteiger charge is 2.19. The van der Waals surface area contributed by atoms with Crippen molar-refractivity contribution in [2.75, 3.05) is 12.3 Å². The molecule has 0 bridgehead atoms. The number of nitrogen functional groups attached to an aromatic ring is 1. The summed E-state index contributed by atoms with van der Waals surface area (Å²) in [6, 6.07) is 17.1. The SMILES string of the molecule is NC(=O)CCN(Cc1ccccc1)C(=O)c1cc2cc(N)ccc2s1. The van der Waals surface area contributed by atoms with Gasteiger partial charge in [-0.15, -0.1) is 11.3 Å². The van der Waals surface area contributed by atoms with Crippen molar-refractivity contribution in [2.45, 2.75) is 13.0 Å². The number of fused-ring (bicyclic) bond motifs is 1. The van der Waals surface area contributed by atoms with Crippen molar-refractivity contribution in [3.8, 4) is 0 Å². The molecule has 0 radical (unpaired) electrons. The van der Waals surface area contributed by atoms with Crippen LogP contribution in [0.3, 0.4) is 0 Å². The van der Waals surface area contributed by atoms with Gasteiger partial charge in [-0.1, -0.05) is 30.3 Å². The summed E-state index contributed by atoms with van der Waals surface area (Å²) in [5.41, 5.74) is 12.7. The van der Waals surface area contributed by atoms with Gasteiger partial charge in [-0.3, -0.25) is 9.59 Å². The van der Waals surface area contributed by atoms with Crippen LogP contribution >= 0.6 is 11.3 Å². The number of nitrogens with zero attached hydrogens (tertiary/aromatic N) is 1. The summed E-state index contributed by atoms with van der Waals surface area (Å²) in [4.78, 5) is 26.4. The van der Waals surface area contributed by atoms with E-state index in [1.165, 1.54) is 11.3 Å². The molecule has 5 nitrogen and oxygen atoms in total. The highest BCUT2D eigenvalue weighted by atomic mass is 32.1. The highest BCUT2D eigenvalue weighted by Crippen LogP contribution is 2.28. The van der Waals surface area contributed by atoms with Crippen molar-refractivity contribution in [2.24, 2.45) is 5.73 Å². The summed E-state index contributed by atoms with van der Waals surface area (Å²) >= 11 is 1.42. The largest absolute Gasteiger partial charge is 0.399 e. The quantitative estimate of drug-likeness (QED) is 0.668. The molecule has 0 fully saturated rings. The summed E-state index contributed by atoms with van der Waals surface area (Å²) in [5, 5.41) is 0.947. The lowest BCUT2D eigenvalue weighted by Gasteiger charge is -2.21. The first-order valence-electron chi connectivity index (χ1n) is 7.93. The third kappa shape index (κ3) is 4.16. The molecule has 128 valence electrons. The number of carbonyl (C=O) groups is 2. The van der Waals surface area contributed by atoms with Gasteiger partial charge in [0.1, 0.15) is 0 Å². The van der Waals surface area contributed by atoms with E-state index in [1.54, 1.807) is 4.90 Å². The fourth-order valence-electron chi connectivity index (χ4n) is 2.62. The topological polar surface area (TPSA) is 89.4 Å². The molecule has 0 atom stereocenters. The lowest BCUT2D eigenvalue weighted by molar-refractivity contribution is -0.118. The molecule has 3 aromatic rings. The lowest BCUT2D eigenvalue weighted by Crippen LogP contribution is -2.33. The number of hydrogen-bond donors (Lipinski definition) is 2. The number of nitrogens with two attached hydrogens (primary N) is 2. The molecule has 2 amide bonds. The van der Waals surface area contributed by atoms with Crippen LogP contribution in [0.4, 0.5) is 5.69 Å². The first-order valence-corrected chi connectivity index (χ1v) is 8.75. The van der Waals surface area contributed by atoms with E-state index in [0.717, 1.165) is 15.6 Å². The molecule has 1 aromatic heterocycles. The average Bonchev–Trinajstić information content (AvgIpc) is 3.01. The Bertz CT molecular complexity index is 905. The van der Waals surface area contributed by atoms with Crippen LogP contribution in [-0.4, -0.2) is 23.3 Å². The second kappa shape index (κ2) is 7.36. The van der Waals surface area contributed by atoms with Gasteiger partial charge in [0.2, 0.25) is 5.91 Å². The van der Waals surface area contributed by atoms with Crippen LogP contribution in [0, 0.1) is 0 Å². The van der Waals surface area contributed by atoms with Crippen molar-refractivity contribution < 1.29 is 9.59 Å². The smallest absolute Gasteiger partial charge is 0.264 e. The second-order valence-corrected chi connectivity index (χ2v) is 6.92. The minimum atomic E-state index is -0.421. The van der Waals surface area contributed by atoms with Crippen molar-refractivity contribution in [3.63, 3.8) is 0 Å². The first kappa shape index (κ1) is 17.0. The van der Waals surface area contributed by atoms with Crippen LogP contribution in [0.15, 0.2) is 54.6 Å². The summed E-state index contributed by atoms with van der Waals surface area (Å²) < 4.78 is 1.01. The van der Waals surface area contributed by atoms with Gasteiger partial charge in [0.25, 0.3) is 5.91 Å². The predicted molar refractivity (Wildman–Crippen MR) is 101 cm³/mol. The van der Waals surface area contributed by atoms with E-state index in [4.69, 9.17) is 11.5 Å². The monoisotopic (exact) mass is 353 g/mol. The van der Waals surface area contributed by atoms with Crippen LogP contribution in [0.1, 0.15) is 21.7 Å². The molecular weight excluding hydrogens is 334 g/mol. The summed E-state index contributed by atoms with van der Waals surface area (Å²) in [6.45, 7) is 0.725. The Morgan fingerprint density at radius 3 is 2.52 bits per heavy atom. The molecule has 0 aliphatic rings. The fourth-order valence-corrected chi connectivity index (χ4v) is 3.64. The zero-order chi connectivity index (χ0) is 17.8. The number of rotatable bonds is 6. The Balaban J connectivity index is 1.87. The second-order valence-electron chi connectivity index (χ2n) is 5.84. The van der Waals surface area contributed by atoms with Crippen LogP contribution < -0.4 is 11.5 Å². The van der Waals surface area contributed by atoms with Gasteiger partial charge in [0.15, 0.2) is 0 Å². The molecule has 1 heterocycles. The molecule has 3 rings (SSSR count). The van der Waals surface area contributed by atoms with Crippen molar-refractivity contribution in [3.05, 3.63) is 65.0 Å². The van der Waals surface area contributed by atoms with Crippen molar-refractivity contribution in [1.82, 2.24) is 4.90 Å². The third-order valence-electron chi connectivity index (χ3n) is 3.88. The summed E-state index contributed by atoms with van der Waals surface area (Å²) in [5.74, 6) is -0.528. The molecule has 0 saturated heterocycles. The number of carbonyl (C=O) groups excluding carboxylic acids is 2.